The summed E-state index contributed by atoms with van der Waals surface area (Å²) in [6, 6.07) is 0. The van der Waals surface area contributed by atoms with Crippen molar-refractivity contribution >= 4 is 0 Å². The monoisotopic (exact) mass is 156 g/mol. The summed E-state index contributed by atoms with van der Waals surface area (Å²) in [6.07, 6.45) is -5.71. The Morgan fingerprint density at radius 2 is 1.80 bits per heavy atom. The number of hydrogen-bond donors (Lipinski definition) is 1. The third kappa shape index (κ3) is 3.71. The van der Waals surface area contributed by atoms with E-state index in [1.165, 1.54) is 6.92 Å². The average Bonchev–Trinajstić information content (AvgIpc) is 1.85. The summed E-state index contributed by atoms with van der Waals surface area (Å²) in [5, 5.41) is 8.38. The van der Waals surface area contributed by atoms with Gasteiger partial charge >= 0.3 is 0 Å². The maximum absolute atomic E-state index is 12.2. The Labute approximate surface area is 57.6 Å². The van der Waals surface area contributed by atoms with Gasteiger partial charge < -0.3 is 14.6 Å². The quantitative estimate of drug-likeness (QED) is 0.605. The molecule has 10 heavy (non-hydrogen) atoms. The molecule has 0 rings (SSSR count). The minimum Gasteiger partial charge on any atom is -0.368 e. The van der Waals surface area contributed by atoms with Crippen LogP contribution in [0.15, 0.2) is 0 Å². The zero-order chi connectivity index (χ0) is 8.15. The summed E-state index contributed by atoms with van der Waals surface area (Å²) in [7, 11) is 1.00. The number of aliphatic hydroxyl groups excluding tert-OH is 1. The summed E-state index contributed by atoms with van der Waals surface area (Å²) in [5.41, 5.74) is 0. The van der Waals surface area contributed by atoms with Crippen molar-refractivity contribution in [2.24, 2.45) is 0 Å². The summed E-state index contributed by atoms with van der Waals surface area (Å²) in [4.78, 5) is 0. The lowest BCUT2D eigenvalue weighted by molar-refractivity contribution is -0.234. The molecule has 0 bridgehead atoms. The second kappa shape index (κ2) is 4.54. The van der Waals surface area contributed by atoms with Crippen LogP contribution in [-0.2, 0) is 9.47 Å². The van der Waals surface area contributed by atoms with E-state index in [4.69, 9.17) is 5.11 Å². The molecule has 0 radical (unpaired) electrons. The smallest absolute Gasteiger partial charge is 0.257 e. The van der Waals surface area contributed by atoms with Gasteiger partial charge in [0.05, 0.1) is 0 Å². The van der Waals surface area contributed by atoms with Crippen molar-refractivity contribution in [3.8, 4) is 0 Å². The molecule has 0 saturated carbocycles. The van der Waals surface area contributed by atoms with Crippen molar-refractivity contribution < 1.29 is 23.4 Å². The minimum atomic E-state index is -2.23. The van der Waals surface area contributed by atoms with Crippen LogP contribution in [0.5, 0.6) is 0 Å². The first-order valence-electron chi connectivity index (χ1n) is 2.72. The van der Waals surface area contributed by atoms with Crippen molar-refractivity contribution in [2.75, 3.05) is 7.11 Å². The molecule has 1 N–H and O–H groups in total. The molecule has 0 fully saturated rings. The maximum atomic E-state index is 12.2. The molecule has 3 nitrogen and oxygen atoms in total. The van der Waals surface area contributed by atoms with Crippen LogP contribution >= 0.6 is 0 Å². The van der Waals surface area contributed by atoms with E-state index in [0.29, 0.717) is 0 Å². The molecule has 0 aliphatic carbocycles. The van der Waals surface area contributed by atoms with Gasteiger partial charge in [-0.3, -0.25) is 0 Å². The van der Waals surface area contributed by atoms with Crippen LogP contribution in [0.25, 0.3) is 0 Å². The van der Waals surface area contributed by atoms with Gasteiger partial charge in [-0.1, -0.05) is 0 Å². The zero-order valence-corrected chi connectivity index (χ0v) is 5.75. The number of rotatable bonds is 4. The maximum Gasteiger partial charge on any atom is 0.257 e. The number of halogens is 2. The van der Waals surface area contributed by atoms with Crippen LogP contribution < -0.4 is 0 Å². The SMILES string of the molecule is COC(F)C(F)OC(C)O. The number of hydrogen-bond acceptors (Lipinski definition) is 3. The molecular formula is C5H10F2O3. The zero-order valence-electron chi connectivity index (χ0n) is 5.75. The third-order valence-corrected chi connectivity index (χ3v) is 0.758. The Morgan fingerprint density at radius 3 is 2.10 bits per heavy atom. The van der Waals surface area contributed by atoms with Crippen molar-refractivity contribution in [3.63, 3.8) is 0 Å². The minimum absolute atomic E-state index is 1.00. The topological polar surface area (TPSA) is 38.7 Å². The molecule has 0 aromatic heterocycles. The second-order valence-electron chi connectivity index (χ2n) is 1.67. The van der Waals surface area contributed by atoms with Crippen molar-refractivity contribution in [1.82, 2.24) is 0 Å². The molecule has 0 amide bonds. The highest BCUT2D eigenvalue weighted by molar-refractivity contribution is 4.44. The van der Waals surface area contributed by atoms with Gasteiger partial charge in [-0.2, -0.15) is 0 Å². The number of alkyl halides is 2. The van der Waals surface area contributed by atoms with Gasteiger partial charge in [-0.25, -0.2) is 8.78 Å². The molecular weight excluding hydrogens is 146 g/mol. The van der Waals surface area contributed by atoms with E-state index in [2.05, 4.69) is 9.47 Å². The fourth-order valence-corrected chi connectivity index (χ4v) is 0.357. The first kappa shape index (κ1) is 9.74. The Morgan fingerprint density at radius 1 is 1.30 bits per heavy atom. The van der Waals surface area contributed by atoms with Crippen LogP contribution in [0.3, 0.4) is 0 Å². The molecule has 5 heteroatoms. The Hall–Kier alpha value is -0.260. The van der Waals surface area contributed by atoms with Gasteiger partial charge in [0.2, 0.25) is 0 Å². The highest BCUT2D eigenvalue weighted by atomic mass is 19.2. The van der Waals surface area contributed by atoms with E-state index in [9.17, 15) is 8.78 Å². The molecule has 0 aliphatic rings. The van der Waals surface area contributed by atoms with E-state index in [0.717, 1.165) is 7.11 Å². The van der Waals surface area contributed by atoms with Crippen LogP contribution in [0.2, 0.25) is 0 Å². The third-order valence-electron chi connectivity index (χ3n) is 0.758. The lowest BCUT2D eigenvalue weighted by atomic mass is 10.6. The van der Waals surface area contributed by atoms with E-state index >= 15 is 0 Å². The van der Waals surface area contributed by atoms with E-state index in [1.54, 1.807) is 0 Å². The first-order valence-corrected chi connectivity index (χ1v) is 2.72. The number of methoxy groups -OCH3 is 1. The second-order valence-corrected chi connectivity index (χ2v) is 1.67. The molecule has 0 spiro atoms. The standard InChI is InChI=1S/C5H10F2O3/c1-3(8)10-5(7)4(6)9-2/h3-5,8H,1-2H3. The van der Waals surface area contributed by atoms with Crippen LogP contribution in [0, 0.1) is 0 Å². The molecule has 3 unspecified atom stereocenters. The number of aliphatic hydroxyl groups is 1. The van der Waals surface area contributed by atoms with Gasteiger partial charge in [0.15, 0.2) is 6.29 Å². The summed E-state index contributed by atoms with van der Waals surface area (Å²) < 4.78 is 32.1. The van der Waals surface area contributed by atoms with Gasteiger partial charge in [-0.15, -0.1) is 0 Å². The largest absolute Gasteiger partial charge is 0.368 e. The van der Waals surface area contributed by atoms with Gasteiger partial charge in [0.25, 0.3) is 12.7 Å². The lowest BCUT2D eigenvalue weighted by Crippen LogP contribution is -2.26. The Kier molecular flexibility index (Phi) is 4.42. The molecule has 0 saturated heterocycles. The summed E-state index contributed by atoms with van der Waals surface area (Å²) in [5.74, 6) is 0. The molecule has 0 aliphatic heterocycles. The van der Waals surface area contributed by atoms with Crippen LogP contribution in [0.1, 0.15) is 6.92 Å². The summed E-state index contributed by atoms with van der Waals surface area (Å²) >= 11 is 0. The number of ether oxygens (including phenoxy) is 2. The average molecular weight is 156 g/mol. The summed E-state index contributed by atoms with van der Waals surface area (Å²) in [6.45, 7) is 1.18. The van der Waals surface area contributed by atoms with Crippen LogP contribution in [0.4, 0.5) is 8.78 Å². The molecule has 0 heterocycles. The van der Waals surface area contributed by atoms with E-state index in [-0.39, 0.29) is 0 Å². The fourth-order valence-electron chi connectivity index (χ4n) is 0.357. The van der Waals surface area contributed by atoms with Gasteiger partial charge in [0.1, 0.15) is 0 Å². The van der Waals surface area contributed by atoms with Crippen LogP contribution in [-0.4, -0.2) is 31.2 Å². The molecule has 0 aromatic rings. The van der Waals surface area contributed by atoms with Crippen molar-refractivity contribution in [3.05, 3.63) is 0 Å². The van der Waals surface area contributed by atoms with Gasteiger partial charge in [0, 0.05) is 7.11 Å². The molecule has 0 aromatic carbocycles. The molecule has 62 valence electrons. The van der Waals surface area contributed by atoms with Crippen molar-refractivity contribution in [1.29, 1.82) is 0 Å². The normalized spacial score (nSPS) is 20.1. The van der Waals surface area contributed by atoms with Gasteiger partial charge in [-0.05, 0) is 6.92 Å². The fraction of sp³-hybridized carbons (Fsp3) is 1.00. The Balaban J connectivity index is 3.50. The molecule has 3 atom stereocenters. The predicted molar refractivity (Wildman–Crippen MR) is 29.6 cm³/mol. The van der Waals surface area contributed by atoms with E-state index in [1.807, 2.05) is 0 Å². The van der Waals surface area contributed by atoms with Crippen molar-refractivity contribution in [2.45, 2.75) is 25.9 Å². The highest BCUT2D eigenvalue weighted by Gasteiger charge is 2.21. The predicted octanol–water partition coefficient (Wildman–Crippen LogP) is 0.579. The first-order chi connectivity index (χ1) is 4.57. The van der Waals surface area contributed by atoms with E-state index < -0.39 is 19.0 Å². The highest BCUT2D eigenvalue weighted by Crippen LogP contribution is 2.07. The lowest BCUT2D eigenvalue weighted by Gasteiger charge is -2.13. The Bertz CT molecular complexity index is 89.0.